The second-order valence-electron chi connectivity index (χ2n) is 9.11. The van der Waals surface area contributed by atoms with Gasteiger partial charge in [0.05, 0.1) is 12.1 Å². The summed E-state index contributed by atoms with van der Waals surface area (Å²) in [5, 5.41) is 5.77. The predicted octanol–water partition coefficient (Wildman–Crippen LogP) is 3.92. The molecule has 5 nitrogen and oxygen atoms in total. The van der Waals surface area contributed by atoms with Gasteiger partial charge in [0.1, 0.15) is 5.84 Å². The Morgan fingerprint density at radius 3 is 2.44 bits per heavy atom. The van der Waals surface area contributed by atoms with E-state index in [0.29, 0.717) is 0 Å². The molecule has 0 unspecified atom stereocenters. The lowest BCUT2D eigenvalue weighted by Crippen LogP contribution is -2.46. The number of nitrogens with one attached hydrogen (secondary N) is 2. The molecule has 0 aliphatic carbocycles. The molecule has 0 radical (unpaired) electrons. The molecule has 2 amide bonds. The van der Waals surface area contributed by atoms with E-state index >= 15 is 0 Å². The fourth-order valence-electron chi connectivity index (χ4n) is 4.44. The molecule has 2 heterocycles. The van der Waals surface area contributed by atoms with Crippen molar-refractivity contribution in [2.75, 3.05) is 13.6 Å². The lowest BCUT2D eigenvalue weighted by atomic mass is 9.74. The molecule has 2 atom stereocenters. The first kappa shape index (κ1) is 19.8. The number of rotatable bonds is 4. The van der Waals surface area contributed by atoms with Gasteiger partial charge in [-0.15, -0.1) is 0 Å². The monoisotopic (exact) mass is 348 g/mol. The fourth-order valence-corrected chi connectivity index (χ4v) is 4.44. The van der Waals surface area contributed by atoms with E-state index in [1.807, 2.05) is 0 Å². The summed E-state index contributed by atoms with van der Waals surface area (Å²) in [6.07, 6.45) is 3.19. The highest BCUT2D eigenvalue weighted by Gasteiger charge is 2.43. The Bertz CT molecular complexity index is 583. The molecular weight excluding hydrogens is 312 g/mol. The van der Waals surface area contributed by atoms with Crippen LogP contribution in [0.25, 0.3) is 0 Å². The van der Waals surface area contributed by atoms with Crippen LogP contribution >= 0.6 is 0 Å². The minimum atomic E-state index is -0.109. The minimum Gasteiger partial charge on any atom is -0.341 e. The number of aliphatic imine (C=N–C) groups is 1. The molecular formula is C20H36N4O. The van der Waals surface area contributed by atoms with Gasteiger partial charge in [-0.25, -0.2) is 4.79 Å². The van der Waals surface area contributed by atoms with Crippen molar-refractivity contribution in [3.8, 4) is 0 Å². The van der Waals surface area contributed by atoms with E-state index in [1.54, 1.807) is 7.05 Å². The summed E-state index contributed by atoms with van der Waals surface area (Å²) in [6, 6.07) is 0.211. The summed E-state index contributed by atoms with van der Waals surface area (Å²) in [5.74, 6) is 1.15. The number of amidine groups is 1. The van der Waals surface area contributed by atoms with E-state index in [0.717, 1.165) is 31.6 Å². The van der Waals surface area contributed by atoms with Crippen molar-refractivity contribution in [1.82, 2.24) is 15.5 Å². The van der Waals surface area contributed by atoms with Crippen LogP contribution in [0.3, 0.4) is 0 Å². The fraction of sp³-hybridized carbons (Fsp3) is 0.800. The largest absolute Gasteiger partial charge is 0.341 e. The quantitative estimate of drug-likeness (QED) is 0.809. The molecule has 2 rings (SSSR count). The Hall–Kier alpha value is -1.52. The SMILES string of the molecule is CCCC(C)(C)C1=C2C[C@@H](NC(=O)NC)CN2C(C(C)(C)C)=N[C@H]1C. The molecule has 2 aliphatic heterocycles. The summed E-state index contributed by atoms with van der Waals surface area (Å²) in [4.78, 5) is 19.3. The van der Waals surface area contributed by atoms with Crippen LogP contribution in [-0.2, 0) is 0 Å². The van der Waals surface area contributed by atoms with Crippen LogP contribution in [0.1, 0.15) is 67.7 Å². The van der Waals surface area contributed by atoms with Crippen molar-refractivity contribution in [2.45, 2.75) is 79.8 Å². The smallest absolute Gasteiger partial charge is 0.314 e. The van der Waals surface area contributed by atoms with Gasteiger partial charge in [-0.2, -0.15) is 0 Å². The summed E-state index contributed by atoms with van der Waals surface area (Å²) in [7, 11) is 1.66. The Morgan fingerprint density at radius 1 is 1.28 bits per heavy atom. The normalized spacial score (nSPS) is 24.2. The number of hydrogen-bond acceptors (Lipinski definition) is 3. The molecule has 1 fully saturated rings. The maximum Gasteiger partial charge on any atom is 0.314 e. The van der Waals surface area contributed by atoms with Gasteiger partial charge in [0.15, 0.2) is 0 Å². The number of fused-ring (bicyclic) bond motifs is 1. The Kier molecular flexibility index (Phi) is 5.55. The number of nitrogens with zero attached hydrogens (tertiary/aromatic N) is 2. The van der Waals surface area contributed by atoms with Gasteiger partial charge in [0, 0.05) is 31.1 Å². The zero-order chi connectivity index (χ0) is 19.0. The third kappa shape index (κ3) is 4.01. The standard InChI is InChI=1S/C20H36N4O/c1-9-10-20(6,7)16-13(2)22-17(19(3,4)5)24-12-14(11-15(16)24)23-18(25)21-8/h13-14H,9-12H2,1-8H3,(H2,21,23,25)/t13-,14+/m0/s1. The lowest BCUT2D eigenvalue weighted by molar-refractivity contribution is 0.239. The van der Waals surface area contributed by atoms with Gasteiger partial charge in [0.2, 0.25) is 0 Å². The third-order valence-corrected chi connectivity index (χ3v) is 5.31. The molecule has 0 aromatic carbocycles. The van der Waals surface area contributed by atoms with E-state index < -0.39 is 0 Å². The average Bonchev–Trinajstić information content (AvgIpc) is 2.87. The molecule has 142 valence electrons. The summed E-state index contributed by atoms with van der Waals surface area (Å²) in [5.41, 5.74) is 2.94. The van der Waals surface area contributed by atoms with Crippen molar-refractivity contribution < 1.29 is 4.79 Å². The first-order valence-electron chi connectivity index (χ1n) is 9.58. The number of amides is 2. The molecule has 2 N–H and O–H groups in total. The molecule has 0 bridgehead atoms. The molecule has 0 aromatic heterocycles. The number of carbonyl (C=O) groups excluding carboxylic acids is 1. The second-order valence-corrected chi connectivity index (χ2v) is 9.11. The van der Waals surface area contributed by atoms with E-state index in [1.165, 1.54) is 11.3 Å². The average molecular weight is 349 g/mol. The van der Waals surface area contributed by atoms with E-state index in [9.17, 15) is 4.79 Å². The third-order valence-electron chi connectivity index (χ3n) is 5.31. The number of urea groups is 1. The summed E-state index contributed by atoms with van der Waals surface area (Å²) in [6.45, 7) is 16.6. The Balaban J connectivity index is 2.45. The zero-order valence-electron chi connectivity index (χ0n) is 17.3. The van der Waals surface area contributed by atoms with Crippen molar-refractivity contribution in [1.29, 1.82) is 0 Å². The van der Waals surface area contributed by atoms with Gasteiger partial charge in [0.25, 0.3) is 0 Å². The Morgan fingerprint density at radius 2 is 1.92 bits per heavy atom. The molecule has 5 heteroatoms. The van der Waals surface area contributed by atoms with Gasteiger partial charge in [-0.1, -0.05) is 48.0 Å². The topological polar surface area (TPSA) is 56.7 Å². The van der Waals surface area contributed by atoms with Crippen molar-refractivity contribution in [3.63, 3.8) is 0 Å². The highest BCUT2D eigenvalue weighted by Crippen LogP contribution is 2.44. The Labute approximate surface area is 153 Å². The van der Waals surface area contributed by atoms with Crippen LogP contribution in [0, 0.1) is 10.8 Å². The van der Waals surface area contributed by atoms with Crippen LogP contribution in [-0.4, -0.2) is 42.4 Å². The van der Waals surface area contributed by atoms with Crippen LogP contribution in [0.15, 0.2) is 16.3 Å². The lowest BCUT2D eigenvalue weighted by Gasteiger charge is -2.42. The van der Waals surface area contributed by atoms with E-state index in [4.69, 9.17) is 4.99 Å². The molecule has 0 saturated carbocycles. The number of carbonyl (C=O) groups is 1. The predicted molar refractivity (Wildman–Crippen MR) is 105 cm³/mol. The summed E-state index contributed by atoms with van der Waals surface area (Å²) >= 11 is 0. The highest BCUT2D eigenvalue weighted by molar-refractivity contribution is 5.90. The van der Waals surface area contributed by atoms with Gasteiger partial charge < -0.3 is 15.5 Å². The van der Waals surface area contributed by atoms with Gasteiger partial charge >= 0.3 is 6.03 Å². The van der Waals surface area contributed by atoms with Crippen LogP contribution in [0.4, 0.5) is 4.79 Å². The van der Waals surface area contributed by atoms with Crippen molar-refractivity contribution in [3.05, 3.63) is 11.3 Å². The maximum absolute atomic E-state index is 11.8. The molecule has 2 aliphatic rings. The molecule has 0 aromatic rings. The zero-order valence-corrected chi connectivity index (χ0v) is 17.3. The van der Waals surface area contributed by atoms with Gasteiger partial charge in [-0.05, 0) is 24.3 Å². The van der Waals surface area contributed by atoms with Crippen LogP contribution < -0.4 is 10.6 Å². The van der Waals surface area contributed by atoms with E-state index in [2.05, 4.69) is 64.0 Å². The minimum absolute atomic E-state index is 0.0121. The molecule has 25 heavy (non-hydrogen) atoms. The van der Waals surface area contributed by atoms with E-state index in [-0.39, 0.29) is 28.9 Å². The van der Waals surface area contributed by atoms with Gasteiger partial charge in [-0.3, -0.25) is 4.99 Å². The van der Waals surface area contributed by atoms with Crippen LogP contribution in [0.2, 0.25) is 0 Å². The first-order chi connectivity index (χ1) is 11.5. The molecule has 1 saturated heterocycles. The number of hydrogen-bond donors (Lipinski definition) is 2. The molecule has 0 spiro atoms. The summed E-state index contributed by atoms with van der Waals surface area (Å²) < 4.78 is 0. The van der Waals surface area contributed by atoms with Crippen molar-refractivity contribution >= 4 is 11.9 Å². The van der Waals surface area contributed by atoms with Crippen molar-refractivity contribution in [2.24, 2.45) is 15.8 Å². The second kappa shape index (κ2) is 7.00. The highest BCUT2D eigenvalue weighted by atomic mass is 16.2. The maximum atomic E-state index is 11.8. The first-order valence-corrected chi connectivity index (χ1v) is 9.58. The van der Waals surface area contributed by atoms with Crippen LogP contribution in [0.5, 0.6) is 0 Å².